The molecule has 2 atom stereocenters. The van der Waals surface area contributed by atoms with E-state index in [1.165, 1.54) is 19.8 Å². The van der Waals surface area contributed by atoms with Crippen LogP contribution >= 0.6 is 11.6 Å². The first kappa shape index (κ1) is 17.8. The molecule has 1 aromatic rings. The van der Waals surface area contributed by atoms with Gasteiger partial charge in [-0.05, 0) is 56.0 Å². The van der Waals surface area contributed by atoms with E-state index in [4.69, 9.17) is 11.6 Å². The summed E-state index contributed by atoms with van der Waals surface area (Å²) in [6, 6.07) is 5.04. The molecule has 1 aliphatic rings. The van der Waals surface area contributed by atoms with Crippen LogP contribution in [-0.4, -0.2) is 24.9 Å². The highest BCUT2D eigenvalue weighted by Crippen LogP contribution is 2.27. The molecule has 1 saturated heterocycles. The van der Waals surface area contributed by atoms with Crippen LogP contribution in [0.4, 0.5) is 11.4 Å². The van der Waals surface area contributed by atoms with Gasteiger partial charge in [-0.25, -0.2) is 0 Å². The van der Waals surface area contributed by atoms with Gasteiger partial charge in [-0.3, -0.25) is 9.59 Å². The Labute approximate surface area is 142 Å². The van der Waals surface area contributed by atoms with E-state index in [1.54, 1.807) is 18.2 Å². The number of anilines is 2. The molecule has 2 rings (SSSR count). The van der Waals surface area contributed by atoms with E-state index in [0.717, 1.165) is 13.1 Å². The number of hydrogen-bond acceptors (Lipinski definition) is 3. The monoisotopic (exact) mass is 337 g/mol. The summed E-state index contributed by atoms with van der Waals surface area (Å²) < 4.78 is 0. The van der Waals surface area contributed by atoms with E-state index < -0.39 is 0 Å². The van der Waals surface area contributed by atoms with Crippen molar-refractivity contribution < 1.29 is 9.59 Å². The lowest BCUT2D eigenvalue weighted by Gasteiger charge is -2.28. The standard InChI is InChI=1S/C17H24ClN3O2/c1-11(13-4-3-7-19-10-13)8-17(23)21-16-9-14(20-12(2)22)5-6-15(16)18/h5-6,9,11,13,19H,3-4,7-8,10H2,1-2H3,(H,20,22)(H,21,23). The molecule has 3 N–H and O–H groups in total. The summed E-state index contributed by atoms with van der Waals surface area (Å²) in [4.78, 5) is 23.4. The van der Waals surface area contributed by atoms with Crippen LogP contribution in [0.2, 0.25) is 5.02 Å². The van der Waals surface area contributed by atoms with Crippen LogP contribution in [0.15, 0.2) is 18.2 Å². The number of carbonyl (C=O) groups excluding carboxylic acids is 2. The molecule has 0 spiro atoms. The van der Waals surface area contributed by atoms with E-state index >= 15 is 0 Å². The number of nitrogens with one attached hydrogen (secondary N) is 3. The van der Waals surface area contributed by atoms with Crippen LogP contribution in [-0.2, 0) is 9.59 Å². The molecule has 1 fully saturated rings. The van der Waals surface area contributed by atoms with Gasteiger partial charge in [0, 0.05) is 19.0 Å². The van der Waals surface area contributed by atoms with Gasteiger partial charge in [-0.2, -0.15) is 0 Å². The van der Waals surface area contributed by atoms with Crippen molar-refractivity contribution >= 4 is 34.8 Å². The first-order valence-corrected chi connectivity index (χ1v) is 8.41. The minimum atomic E-state index is -0.164. The van der Waals surface area contributed by atoms with Crippen molar-refractivity contribution in [2.24, 2.45) is 11.8 Å². The second-order valence-corrected chi connectivity index (χ2v) is 6.62. The maximum atomic E-state index is 12.3. The van der Waals surface area contributed by atoms with Crippen molar-refractivity contribution in [2.75, 3.05) is 23.7 Å². The summed E-state index contributed by atoms with van der Waals surface area (Å²) >= 11 is 6.12. The van der Waals surface area contributed by atoms with Gasteiger partial charge < -0.3 is 16.0 Å². The normalized spacial score (nSPS) is 19.0. The third-order valence-electron chi connectivity index (χ3n) is 4.21. The molecule has 0 radical (unpaired) electrons. The van der Waals surface area contributed by atoms with Crippen LogP contribution in [0.1, 0.15) is 33.1 Å². The van der Waals surface area contributed by atoms with Crippen molar-refractivity contribution in [3.05, 3.63) is 23.2 Å². The van der Waals surface area contributed by atoms with Gasteiger partial charge in [0.25, 0.3) is 0 Å². The van der Waals surface area contributed by atoms with E-state index in [1.807, 2.05) is 0 Å². The van der Waals surface area contributed by atoms with Crippen LogP contribution in [0.25, 0.3) is 0 Å². The average Bonchev–Trinajstić information content (AvgIpc) is 2.51. The second kappa shape index (κ2) is 8.31. The lowest BCUT2D eigenvalue weighted by atomic mass is 9.85. The summed E-state index contributed by atoms with van der Waals surface area (Å²) in [6.07, 6.45) is 2.80. The Kier molecular flexibility index (Phi) is 6.42. The molecule has 23 heavy (non-hydrogen) atoms. The fraction of sp³-hybridized carbons (Fsp3) is 0.529. The van der Waals surface area contributed by atoms with Gasteiger partial charge in [0.05, 0.1) is 10.7 Å². The Morgan fingerprint density at radius 3 is 2.83 bits per heavy atom. The highest BCUT2D eigenvalue weighted by Gasteiger charge is 2.22. The number of amides is 2. The zero-order chi connectivity index (χ0) is 16.8. The molecule has 1 aliphatic heterocycles. The fourth-order valence-corrected chi connectivity index (χ4v) is 3.09. The lowest BCUT2D eigenvalue weighted by molar-refractivity contribution is -0.117. The molecule has 2 unspecified atom stereocenters. The summed E-state index contributed by atoms with van der Waals surface area (Å²) in [7, 11) is 0. The molecule has 0 bridgehead atoms. The first-order valence-electron chi connectivity index (χ1n) is 8.03. The highest BCUT2D eigenvalue weighted by atomic mass is 35.5. The summed E-state index contributed by atoms with van der Waals surface area (Å²) in [6.45, 7) is 5.60. The Bertz CT molecular complexity index is 571. The molecule has 6 heteroatoms. The molecule has 126 valence electrons. The lowest BCUT2D eigenvalue weighted by Crippen LogP contribution is -2.34. The van der Waals surface area contributed by atoms with Gasteiger partial charge in [0.1, 0.15) is 0 Å². The molecule has 1 heterocycles. The quantitative estimate of drug-likeness (QED) is 0.772. The van der Waals surface area contributed by atoms with Crippen molar-refractivity contribution in [1.82, 2.24) is 5.32 Å². The average molecular weight is 338 g/mol. The third kappa shape index (κ3) is 5.52. The Morgan fingerprint density at radius 1 is 1.39 bits per heavy atom. The van der Waals surface area contributed by atoms with Crippen molar-refractivity contribution in [2.45, 2.75) is 33.1 Å². The van der Waals surface area contributed by atoms with Crippen LogP contribution in [0.5, 0.6) is 0 Å². The number of halogens is 1. The van der Waals surface area contributed by atoms with Gasteiger partial charge in [0.2, 0.25) is 11.8 Å². The zero-order valence-electron chi connectivity index (χ0n) is 13.6. The van der Waals surface area contributed by atoms with Gasteiger partial charge >= 0.3 is 0 Å². The van der Waals surface area contributed by atoms with E-state index in [9.17, 15) is 9.59 Å². The smallest absolute Gasteiger partial charge is 0.224 e. The molecule has 0 saturated carbocycles. The molecular weight excluding hydrogens is 314 g/mol. The van der Waals surface area contributed by atoms with Crippen LogP contribution in [0, 0.1) is 11.8 Å². The maximum Gasteiger partial charge on any atom is 0.224 e. The van der Waals surface area contributed by atoms with Crippen molar-refractivity contribution in [1.29, 1.82) is 0 Å². The molecule has 0 aliphatic carbocycles. The summed E-state index contributed by atoms with van der Waals surface area (Å²) in [5, 5.41) is 9.37. The SMILES string of the molecule is CC(=O)Nc1ccc(Cl)c(NC(=O)CC(C)C2CCCNC2)c1. The van der Waals surface area contributed by atoms with Gasteiger partial charge in [0.15, 0.2) is 0 Å². The van der Waals surface area contributed by atoms with E-state index in [0.29, 0.717) is 34.7 Å². The highest BCUT2D eigenvalue weighted by molar-refractivity contribution is 6.33. The van der Waals surface area contributed by atoms with E-state index in [-0.39, 0.29) is 11.8 Å². The molecule has 2 amide bonds. The number of carbonyl (C=O) groups is 2. The summed E-state index contributed by atoms with van der Waals surface area (Å²) in [5.41, 5.74) is 1.14. The zero-order valence-corrected chi connectivity index (χ0v) is 14.4. The summed E-state index contributed by atoms with van der Waals surface area (Å²) in [5.74, 6) is 0.642. The molecule has 1 aromatic carbocycles. The Balaban J connectivity index is 1.94. The molecular formula is C17H24ClN3O2. The number of piperidine rings is 1. The Morgan fingerprint density at radius 2 is 2.17 bits per heavy atom. The predicted octanol–water partition coefficient (Wildman–Crippen LogP) is 3.26. The molecule has 0 aromatic heterocycles. The third-order valence-corrected chi connectivity index (χ3v) is 4.54. The van der Waals surface area contributed by atoms with Gasteiger partial charge in [-0.15, -0.1) is 0 Å². The molecule has 5 nitrogen and oxygen atoms in total. The number of rotatable bonds is 5. The second-order valence-electron chi connectivity index (χ2n) is 6.21. The number of benzene rings is 1. The Hall–Kier alpha value is -1.59. The van der Waals surface area contributed by atoms with Crippen LogP contribution in [0.3, 0.4) is 0 Å². The number of hydrogen-bond donors (Lipinski definition) is 3. The van der Waals surface area contributed by atoms with Crippen molar-refractivity contribution in [3.63, 3.8) is 0 Å². The van der Waals surface area contributed by atoms with Crippen LogP contribution < -0.4 is 16.0 Å². The van der Waals surface area contributed by atoms with Crippen molar-refractivity contribution in [3.8, 4) is 0 Å². The topological polar surface area (TPSA) is 70.2 Å². The first-order chi connectivity index (χ1) is 11.0. The predicted molar refractivity (Wildman–Crippen MR) is 93.8 cm³/mol. The minimum absolute atomic E-state index is 0.0510. The minimum Gasteiger partial charge on any atom is -0.326 e. The largest absolute Gasteiger partial charge is 0.326 e. The van der Waals surface area contributed by atoms with Gasteiger partial charge in [-0.1, -0.05) is 18.5 Å². The fourth-order valence-electron chi connectivity index (χ4n) is 2.93. The maximum absolute atomic E-state index is 12.3. The van der Waals surface area contributed by atoms with E-state index in [2.05, 4.69) is 22.9 Å².